The van der Waals surface area contributed by atoms with Gasteiger partial charge in [-0.25, -0.2) is 27.4 Å². The smallest absolute Gasteiger partial charge is 0.417 e. The summed E-state index contributed by atoms with van der Waals surface area (Å²) in [6.07, 6.45) is -2.94. The molecule has 0 saturated carbocycles. The van der Waals surface area contributed by atoms with Crippen LogP contribution in [0.1, 0.15) is 64.0 Å². The molecule has 3 N–H and O–H groups in total. The van der Waals surface area contributed by atoms with Crippen molar-refractivity contribution in [3.8, 4) is 17.2 Å². The fourth-order valence-corrected chi connectivity index (χ4v) is 12.1. The van der Waals surface area contributed by atoms with Crippen molar-refractivity contribution in [2.45, 2.75) is 107 Å². The molecular weight excluding hydrogens is 998 g/mol. The van der Waals surface area contributed by atoms with Crippen molar-refractivity contribution in [3.05, 3.63) is 120 Å². The number of fused-ring (bicyclic) bond motifs is 1. The summed E-state index contributed by atoms with van der Waals surface area (Å²) < 4.78 is 93.3. The van der Waals surface area contributed by atoms with E-state index in [0.717, 1.165) is 18.4 Å². The lowest BCUT2D eigenvalue weighted by atomic mass is 9.94. The molecule has 4 aromatic carbocycles. The minimum Gasteiger partial charge on any atom is -0.497 e. The van der Waals surface area contributed by atoms with E-state index in [2.05, 4.69) is 10.6 Å². The van der Waals surface area contributed by atoms with E-state index >= 15 is 0 Å². The molecule has 74 heavy (non-hydrogen) atoms. The zero-order chi connectivity index (χ0) is 52.7. The van der Waals surface area contributed by atoms with Gasteiger partial charge in [0.1, 0.15) is 41.6 Å². The molecule has 4 aromatic rings. The number of alkyl carbamates (subject to hydrolysis) is 1. The summed E-state index contributed by atoms with van der Waals surface area (Å²) in [6, 6.07) is 29.1. The lowest BCUT2D eigenvalue weighted by Gasteiger charge is -2.31. The maximum absolute atomic E-state index is 14.4. The molecule has 0 aromatic heterocycles. The SMILES string of the molecule is COc1ccc(S(=O)(=O)C(CC(C)C)N[C@@H](O)[C@H](Cc2ccc(OCP(=O)(Oc3ccccc3)OC(C)C(=O)OCCC3CCN(C(=O)OCc4ccccc4)CC3)cc2)NC(=O)O[C@H]2CO[C@H]3OCC[C@H]32)cc1. The van der Waals surface area contributed by atoms with E-state index in [9.17, 15) is 32.5 Å². The van der Waals surface area contributed by atoms with Gasteiger partial charge in [-0.1, -0.05) is 74.5 Å². The average molecular weight is 1070 g/mol. The Hall–Kier alpha value is -5.73. The molecule has 21 heteroatoms. The molecule has 0 radical (unpaired) electrons. The van der Waals surface area contributed by atoms with Crippen molar-refractivity contribution < 1.29 is 74.7 Å². The minimum absolute atomic E-state index is 0.00176. The number of ether oxygens (including phenoxy) is 7. The van der Waals surface area contributed by atoms with E-state index in [1.807, 2.05) is 44.2 Å². The number of rotatable bonds is 25. The first-order chi connectivity index (χ1) is 35.6. The molecule has 3 unspecified atom stereocenters. The number of carbonyl (C=O) groups is 3. The van der Waals surface area contributed by atoms with E-state index in [1.165, 1.54) is 26.2 Å². The van der Waals surface area contributed by atoms with Crippen LogP contribution in [0.5, 0.6) is 17.2 Å². The summed E-state index contributed by atoms with van der Waals surface area (Å²) in [7, 11) is -6.79. The quantitative estimate of drug-likeness (QED) is 0.0248. The summed E-state index contributed by atoms with van der Waals surface area (Å²) in [5.74, 6) is 0.182. The molecule has 0 spiro atoms. The lowest BCUT2D eigenvalue weighted by Crippen LogP contribution is -2.56. The second-order valence-electron chi connectivity index (χ2n) is 19.0. The topological polar surface area (TPSA) is 233 Å². The first kappa shape index (κ1) is 56.0. The summed E-state index contributed by atoms with van der Waals surface area (Å²) >= 11 is 0. The predicted molar refractivity (Wildman–Crippen MR) is 271 cm³/mol. The number of esters is 1. The summed E-state index contributed by atoms with van der Waals surface area (Å²) in [5.41, 5.74) is 1.51. The van der Waals surface area contributed by atoms with E-state index < -0.39 is 72.0 Å². The largest absolute Gasteiger partial charge is 0.497 e. The molecule has 3 heterocycles. The first-order valence-corrected chi connectivity index (χ1v) is 28.2. The molecule has 0 bridgehead atoms. The van der Waals surface area contributed by atoms with Gasteiger partial charge in [-0.2, -0.15) is 0 Å². The molecular formula is C53H68N3O16PS. The number of sulfone groups is 1. The van der Waals surface area contributed by atoms with E-state index in [1.54, 1.807) is 71.6 Å². The van der Waals surface area contributed by atoms with Gasteiger partial charge in [0.05, 0.1) is 43.8 Å². The van der Waals surface area contributed by atoms with Gasteiger partial charge < -0.3 is 53.0 Å². The Kier molecular flexibility index (Phi) is 20.2. The average Bonchev–Trinajstić information content (AvgIpc) is 4.03. The number of nitrogens with one attached hydrogen (secondary N) is 2. The monoisotopic (exact) mass is 1070 g/mol. The second-order valence-corrected chi connectivity index (χ2v) is 23.0. The van der Waals surface area contributed by atoms with Gasteiger partial charge in [0.2, 0.25) is 6.35 Å². The van der Waals surface area contributed by atoms with Crippen LogP contribution >= 0.6 is 7.60 Å². The van der Waals surface area contributed by atoms with Crippen molar-refractivity contribution in [1.82, 2.24) is 15.5 Å². The molecule has 0 aliphatic carbocycles. The fraction of sp³-hybridized carbons (Fsp3) is 0.491. The van der Waals surface area contributed by atoms with Crippen LogP contribution in [0.2, 0.25) is 0 Å². The minimum atomic E-state index is -4.21. The number of nitrogens with zero attached hydrogens (tertiary/aromatic N) is 1. The third-order valence-corrected chi connectivity index (χ3v) is 16.6. The Morgan fingerprint density at radius 1 is 0.824 bits per heavy atom. The summed E-state index contributed by atoms with van der Waals surface area (Å²) in [5, 5.41) is 16.2. The molecule has 2 amide bonds. The molecule has 19 nitrogen and oxygen atoms in total. The Morgan fingerprint density at radius 2 is 1.50 bits per heavy atom. The van der Waals surface area contributed by atoms with Crippen molar-refractivity contribution >= 4 is 35.6 Å². The van der Waals surface area contributed by atoms with E-state index in [-0.39, 0.29) is 72.9 Å². The van der Waals surface area contributed by atoms with Crippen LogP contribution in [0.15, 0.2) is 114 Å². The zero-order valence-corrected chi connectivity index (χ0v) is 43.9. The molecule has 3 aliphatic heterocycles. The number of amides is 2. The first-order valence-electron chi connectivity index (χ1n) is 25.0. The summed E-state index contributed by atoms with van der Waals surface area (Å²) in [6.45, 7) is 7.11. The Balaban J connectivity index is 0.957. The second kappa shape index (κ2) is 26.7. The number of para-hydroxylation sites is 1. The molecule has 8 atom stereocenters. The van der Waals surface area contributed by atoms with Gasteiger partial charge in [0, 0.05) is 13.1 Å². The number of aliphatic hydroxyl groups is 1. The van der Waals surface area contributed by atoms with Crippen molar-refractivity contribution in [2.24, 2.45) is 17.8 Å². The third-order valence-electron chi connectivity index (χ3n) is 13.0. The lowest BCUT2D eigenvalue weighted by molar-refractivity contribution is -0.151. The van der Waals surface area contributed by atoms with Crippen molar-refractivity contribution in [3.63, 3.8) is 0 Å². The van der Waals surface area contributed by atoms with Crippen molar-refractivity contribution in [2.75, 3.05) is 46.4 Å². The van der Waals surface area contributed by atoms with Gasteiger partial charge in [0.15, 0.2) is 22.2 Å². The van der Waals surface area contributed by atoms with Crippen molar-refractivity contribution in [1.29, 1.82) is 0 Å². The molecule has 3 fully saturated rings. The molecule has 402 valence electrons. The van der Waals surface area contributed by atoms with E-state index in [0.29, 0.717) is 43.9 Å². The van der Waals surface area contributed by atoms with Crippen LogP contribution in [0.3, 0.4) is 0 Å². The molecule has 7 rings (SSSR count). The molecule has 3 aliphatic rings. The van der Waals surface area contributed by atoms with Gasteiger partial charge in [-0.05, 0) is 117 Å². The molecule has 3 saturated heterocycles. The highest BCUT2D eigenvalue weighted by Gasteiger charge is 2.44. The van der Waals surface area contributed by atoms with Crippen LogP contribution < -0.4 is 24.6 Å². The maximum Gasteiger partial charge on any atom is 0.417 e. The highest BCUT2D eigenvalue weighted by Crippen LogP contribution is 2.49. The Morgan fingerprint density at radius 3 is 2.18 bits per heavy atom. The standard InChI is InChI=1S/C53H68N3O16PS/c1-36(2)31-48(74(62,63)44-21-19-41(64-4)20-22-44)55-49(57)46(54-52(59)70-47-34-67-51-45(47)26-30-66-51)32-39-15-17-42(18-16-39)69-35-73(61,72-43-13-9-6-10-14-43)71-37(3)50(58)65-29-25-38-23-27-56(28-24-38)53(60)68-33-40-11-7-5-8-12-40/h5-22,36-38,45-49,51,55,57H,23-35H2,1-4H3,(H,54,59)/t37?,45-,46-,47-,48?,49-,51+,73?/m0/s1. The Bertz CT molecular complexity index is 2570. The fourth-order valence-electron chi connectivity index (χ4n) is 8.85. The van der Waals surface area contributed by atoms with Gasteiger partial charge in [-0.3, -0.25) is 9.84 Å². The zero-order valence-electron chi connectivity index (χ0n) is 42.2. The van der Waals surface area contributed by atoms with Crippen LogP contribution in [0.25, 0.3) is 0 Å². The number of aliphatic hydroxyl groups excluding tert-OH is 1. The number of carbonyl (C=O) groups excluding carboxylic acids is 3. The van der Waals surface area contributed by atoms with Crippen LogP contribution in [-0.4, -0.2) is 119 Å². The normalized spacial score (nSPS) is 20.3. The number of benzene rings is 4. The van der Waals surface area contributed by atoms with E-state index in [4.69, 9.17) is 42.2 Å². The number of hydrogen-bond donors (Lipinski definition) is 3. The third kappa shape index (κ3) is 16.1. The van der Waals surface area contributed by atoms with Crippen LogP contribution in [0, 0.1) is 17.8 Å². The van der Waals surface area contributed by atoms with Gasteiger partial charge in [-0.15, -0.1) is 0 Å². The van der Waals surface area contributed by atoms with Gasteiger partial charge >= 0.3 is 25.8 Å². The Labute approximate surface area is 432 Å². The predicted octanol–water partition coefficient (Wildman–Crippen LogP) is 7.84. The summed E-state index contributed by atoms with van der Waals surface area (Å²) in [4.78, 5) is 41.0. The highest BCUT2D eigenvalue weighted by molar-refractivity contribution is 7.92. The van der Waals surface area contributed by atoms with Crippen LogP contribution in [0.4, 0.5) is 9.59 Å². The maximum atomic E-state index is 14.4. The number of likely N-dealkylation sites (tertiary alicyclic amines) is 1. The van der Waals surface area contributed by atoms with Crippen LogP contribution in [-0.2, 0) is 60.4 Å². The number of piperidine rings is 1. The highest BCUT2D eigenvalue weighted by atomic mass is 32.2. The van der Waals surface area contributed by atoms with Gasteiger partial charge in [0.25, 0.3) is 0 Å². The number of hydrogen-bond acceptors (Lipinski definition) is 17. The number of methoxy groups -OCH3 is 1.